The first-order chi connectivity index (χ1) is 14.4. The number of hydrogen-bond donors (Lipinski definition) is 2. The van der Waals surface area contributed by atoms with E-state index in [1.165, 1.54) is 7.11 Å². The quantitative estimate of drug-likeness (QED) is 0.234. The van der Waals surface area contributed by atoms with Crippen LogP contribution in [0.3, 0.4) is 0 Å². The zero-order valence-electron chi connectivity index (χ0n) is 18.5. The van der Waals surface area contributed by atoms with Gasteiger partial charge in [-0.15, -0.1) is 24.0 Å². The van der Waals surface area contributed by atoms with Crippen molar-refractivity contribution in [2.24, 2.45) is 4.99 Å². The van der Waals surface area contributed by atoms with Gasteiger partial charge in [0.2, 0.25) is 0 Å². The molecule has 0 atom stereocenters. The van der Waals surface area contributed by atoms with Crippen LogP contribution in [-0.4, -0.2) is 64.1 Å². The number of halogens is 1. The number of carbonyl (C=O) groups is 2. The van der Waals surface area contributed by atoms with Gasteiger partial charge in [0.05, 0.1) is 12.7 Å². The molecule has 2 aromatic carbocycles. The summed E-state index contributed by atoms with van der Waals surface area (Å²) >= 11 is 0. The number of nitrogens with zero attached hydrogens (tertiary/aromatic N) is 2. The van der Waals surface area contributed by atoms with E-state index >= 15 is 0 Å². The van der Waals surface area contributed by atoms with Gasteiger partial charge in [-0.3, -0.25) is 9.79 Å². The van der Waals surface area contributed by atoms with Crippen LogP contribution in [0, 0.1) is 0 Å². The number of aliphatic imine (C=N–C) groups is 1. The summed E-state index contributed by atoms with van der Waals surface area (Å²) < 4.78 is 4.71. The molecule has 0 saturated carbocycles. The van der Waals surface area contributed by atoms with Gasteiger partial charge in [0, 0.05) is 39.8 Å². The van der Waals surface area contributed by atoms with E-state index in [0.29, 0.717) is 24.2 Å². The van der Waals surface area contributed by atoms with Crippen LogP contribution in [0.4, 0.5) is 0 Å². The Labute approximate surface area is 201 Å². The second-order valence-electron chi connectivity index (χ2n) is 7.01. The van der Waals surface area contributed by atoms with Gasteiger partial charge in [-0.1, -0.05) is 24.3 Å². The Balaban J connectivity index is 0.00000480. The van der Waals surface area contributed by atoms with E-state index in [1.54, 1.807) is 38.2 Å². The molecule has 0 spiro atoms. The lowest BCUT2D eigenvalue weighted by atomic mass is 10.1. The van der Waals surface area contributed by atoms with Crippen molar-refractivity contribution in [1.82, 2.24) is 15.5 Å². The van der Waals surface area contributed by atoms with Crippen molar-refractivity contribution >= 4 is 41.8 Å². The molecule has 1 amide bonds. The van der Waals surface area contributed by atoms with Crippen LogP contribution in [0.5, 0.6) is 0 Å². The Bertz CT molecular complexity index is 883. The molecule has 0 saturated heterocycles. The number of benzene rings is 2. The summed E-state index contributed by atoms with van der Waals surface area (Å²) in [5, 5.41) is 6.57. The lowest BCUT2D eigenvalue weighted by Gasteiger charge is -2.13. The number of esters is 1. The number of ether oxygens (including phenoxy) is 1. The molecule has 0 heterocycles. The Morgan fingerprint density at radius 1 is 0.935 bits per heavy atom. The van der Waals surface area contributed by atoms with Gasteiger partial charge in [0.1, 0.15) is 0 Å². The van der Waals surface area contributed by atoms with Gasteiger partial charge in [-0.2, -0.15) is 0 Å². The predicted octanol–water partition coefficient (Wildman–Crippen LogP) is 2.74. The third kappa shape index (κ3) is 8.56. The SMILES string of the molecule is CN=C(NCCc1ccc(C(=O)OC)cc1)NCCc1cccc(C(=O)N(C)C)c1.I. The van der Waals surface area contributed by atoms with E-state index in [2.05, 4.69) is 15.6 Å². The van der Waals surface area contributed by atoms with Crippen molar-refractivity contribution in [2.75, 3.05) is 41.3 Å². The Morgan fingerprint density at radius 3 is 2.10 bits per heavy atom. The topological polar surface area (TPSA) is 83.0 Å². The summed E-state index contributed by atoms with van der Waals surface area (Å²) in [4.78, 5) is 29.4. The highest BCUT2D eigenvalue weighted by molar-refractivity contribution is 14.0. The Morgan fingerprint density at radius 2 is 1.55 bits per heavy atom. The first-order valence-corrected chi connectivity index (χ1v) is 9.87. The fraction of sp³-hybridized carbons (Fsp3) is 0.348. The average molecular weight is 538 g/mol. The van der Waals surface area contributed by atoms with E-state index in [4.69, 9.17) is 4.74 Å². The number of carbonyl (C=O) groups excluding carboxylic acids is 2. The van der Waals surface area contributed by atoms with Gasteiger partial charge < -0.3 is 20.3 Å². The summed E-state index contributed by atoms with van der Waals surface area (Å²) in [7, 11) is 6.61. The van der Waals surface area contributed by atoms with E-state index < -0.39 is 0 Å². The van der Waals surface area contributed by atoms with Crippen molar-refractivity contribution in [3.05, 3.63) is 70.8 Å². The standard InChI is InChI=1S/C23H30N4O3.HI/c1-24-23(25-14-12-17-8-10-19(11-9-17)22(29)30-4)26-15-13-18-6-5-7-20(16-18)21(28)27(2)3;/h5-11,16H,12-15H2,1-4H3,(H2,24,25,26);1H. The maximum atomic E-state index is 12.1. The number of guanidine groups is 1. The minimum atomic E-state index is -0.333. The largest absolute Gasteiger partial charge is 0.465 e. The number of methoxy groups -OCH3 is 1. The van der Waals surface area contributed by atoms with Crippen molar-refractivity contribution in [2.45, 2.75) is 12.8 Å². The van der Waals surface area contributed by atoms with Crippen molar-refractivity contribution in [3.63, 3.8) is 0 Å². The Hall–Kier alpha value is -2.62. The molecule has 0 bridgehead atoms. The van der Waals surface area contributed by atoms with Crippen LogP contribution in [0.25, 0.3) is 0 Å². The van der Waals surface area contributed by atoms with E-state index in [1.807, 2.05) is 36.4 Å². The fourth-order valence-electron chi connectivity index (χ4n) is 2.91. The summed E-state index contributed by atoms with van der Waals surface area (Å²) in [6.07, 6.45) is 1.58. The average Bonchev–Trinajstić information content (AvgIpc) is 2.77. The molecule has 168 valence electrons. The maximum absolute atomic E-state index is 12.1. The van der Waals surface area contributed by atoms with E-state index in [-0.39, 0.29) is 35.9 Å². The molecule has 8 heteroatoms. The zero-order chi connectivity index (χ0) is 21.9. The normalized spacial score (nSPS) is 10.6. The van der Waals surface area contributed by atoms with Crippen LogP contribution in [-0.2, 0) is 17.6 Å². The zero-order valence-corrected chi connectivity index (χ0v) is 20.8. The van der Waals surface area contributed by atoms with Crippen LogP contribution in [0.15, 0.2) is 53.5 Å². The van der Waals surface area contributed by atoms with Crippen molar-refractivity contribution in [1.29, 1.82) is 0 Å². The first-order valence-electron chi connectivity index (χ1n) is 9.87. The number of rotatable bonds is 8. The van der Waals surface area contributed by atoms with Gasteiger partial charge in [-0.25, -0.2) is 4.79 Å². The molecule has 0 aromatic heterocycles. The van der Waals surface area contributed by atoms with Crippen molar-refractivity contribution in [3.8, 4) is 0 Å². The van der Waals surface area contributed by atoms with Crippen LogP contribution in [0.1, 0.15) is 31.8 Å². The van der Waals surface area contributed by atoms with Crippen LogP contribution >= 0.6 is 24.0 Å². The highest BCUT2D eigenvalue weighted by Crippen LogP contribution is 2.08. The highest BCUT2D eigenvalue weighted by Gasteiger charge is 2.08. The molecule has 0 aliphatic heterocycles. The molecule has 2 N–H and O–H groups in total. The molecule has 2 rings (SSSR count). The van der Waals surface area contributed by atoms with Gasteiger partial charge >= 0.3 is 5.97 Å². The third-order valence-electron chi connectivity index (χ3n) is 4.59. The fourth-order valence-corrected chi connectivity index (χ4v) is 2.91. The van der Waals surface area contributed by atoms with Gasteiger partial charge in [-0.05, 0) is 48.2 Å². The monoisotopic (exact) mass is 538 g/mol. The Kier molecular flexibility index (Phi) is 11.6. The third-order valence-corrected chi connectivity index (χ3v) is 4.59. The molecular formula is C23H31IN4O3. The minimum Gasteiger partial charge on any atom is -0.465 e. The van der Waals surface area contributed by atoms with E-state index in [9.17, 15) is 9.59 Å². The van der Waals surface area contributed by atoms with Crippen molar-refractivity contribution < 1.29 is 14.3 Å². The van der Waals surface area contributed by atoms with Gasteiger partial charge in [0.25, 0.3) is 5.91 Å². The second-order valence-corrected chi connectivity index (χ2v) is 7.01. The molecular weight excluding hydrogens is 507 g/mol. The summed E-state index contributed by atoms with van der Waals surface area (Å²) in [5.74, 6) is 0.393. The molecule has 7 nitrogen and oxygen atoms in total. The van der Waals surface area contributed by atoms with Crippen LogP contribution in [0.2, 0.25) is 0 Å². The van der Waals surface area contributed by atoms with E-state index in [0.717, 1.165) is 29.9 Å². The van der Waals surface area contributed by atoms with Crippen LogP contribution < -0.4 is 10.6 Å². The summed E-state index contributed by atoms with van der Waals surface area (Å²) in [5.41, 5.74) is 3.45. The molecule has 0 aliphatic carbocycles. The predicted molar refractivity (Wildman–Crippen MR) is 134 cm³/mol. The lowest BCUT2D eigenvalue weighted by molar-refractivity contribution is 0.0600. The minimum absolute atomic E-state index is 0. The van der Waals surface area contributed by atoms with Gasteiger partial charge in [0.15, 0.2) is 5.96 Å². The summed E-state index contributed by atoms with van der Waals surface area (Å²) in [6.45, 7) is 1.41. The second kappa shape index (κ2) is 13.6. The first kappa shape index (κ1) is 26.4. The lowest BCUT2D eigenvalue weighted by Crippen LogP contribution is -2.39. The number of hydrogen-bond acceptors (Lipinski definition) is 4. The molecule has 0 aliphatic rings. The molecule has 31 heavy (non-hydrogen) atoms. The maximum Gasteiger partial charge on any atom is 0.337 e. The molecule has 0 radical (unpaired) electrons. The molecule has 0 unspecified atom stereocenters. The number of amides is 1. The smallest absolute Gasteiger partial charge is 0.337 e. The number of nitrogens with one attached hydrogen (secondary N) is 2. The molecule has 2 aromatic rings. The highest BCUT2D eigenvalue weighted by atomic mass is 127. The molecule has 0 fully saturated rings. The summed E-state index contributed by atoms with van der Waals surface area (Å²) in [6, 6.07) is 15.1.